The van der Waals surface area contributed by atoms with Crippen LogP contribution in [0.1, 0.15) is 40.8 Å². The SMILES string of the molecule is CC(C)C(=O)N1C(=O)c2ccccc2C(=O)[C@@H]2[C@H](O)[C@@H](CO)O[C@H]2n2cnc3c(=O)[nH]c1nc32. The number of aromatic nitrogens is 4. The molecule has 2 aliphatic rings. The number of imide groups is 1. The zero-order valence-corrected chi connectivity index (χ0v) is 18.2. The van der Waals surface area contributed by atoms with Gasteiger partial charge in [-0.15, -0.1) is 0 Å². The molecular weight excluding hydrogens is 446 g/mol. The van der Waals surface area contributed by atoms with Crippen LogP contribution in [0.4, 0.5) is 5.95 Å². The number of amides is 2. The van der Waals surface area contributed by atoms with Crippen molar-refractivity contribution in [3.63, 3.8) is 0 Å². The summed E-state index contributed by atoms with van der Waals surface area (Å²) in [6.07, 6.45) is -2.46. The standard InChI is InChI=1S/C22H21N5O7/c1-9(2)19(32)27-20(33)11-6-4-3-5-10(11)15(29)13-16(30)12(7-28)34-21(13)26-8-23-14-17(26)24-22(27)25-18(14)31/h3-6,8-9,12-13,16,21,28,30H,7H2,1-2H3,(H,24,25,31)/t12-,13-,16-,21-/m1/s1. The molecule has 0 aliphatic carbocycles. The molecule has 2 aromatic heterocycles. The lowest BCUT2D eigenvalue weighted by atomic mass is 9.88. The molecule has 1 aromatic carbocycles. The number of H-pyrrole nitrogens is 1. The molecule has 4 atom stereocenters. The first kappa shape index (κ1) is 22.1. The minimum Gasteiger partial charge on any atom is -0.394 e. The Bertz CT molecular complexity index is 1390. The van der Waals surface area contributed by atoms with Crippen LogP contribution in [0.2, 0.25) is 0 Å². The molecule has 2 bridgehead atoms. The zero-order valence-electron chi connectivity index (χ0n) is 18.2. The quantitative estimate of drug-likeness (QED) is 0.470. The minimum atomic E-state index is -1.42. The van der Waals surface area contributed by atoms with Gasteiger partial charge in [0.1, 0.15) is 12.3 Å². The summed E-state index contributed by atoms with van der Waals surface area (Å²) in [7, 11) is 0. The Labute approximate surface area is 191 Å². The van der Waals surface area contributed by atoms with Crippen molar-refractivity contribution < 1.29 is 29.3 Å². The summed E-state index contributed by atoms with van der Waals surface area (Å²) < 4.78 is 7.09. The molecule has 0 saturated carbocycles. The van der Waals surface area contributed by atoms with E-state index in [0.717, 1.165) is 4.90 Å². The van der Waals surface area contributed by atoms with Gasteiger partial charge in [0.05, 0.1) is 30.5 Å². The predicted octanol–water partition coefficient (Wildman–Crippen LogP) is 0.0121. The Balaban J connectivity index is 1.86. The van der Waals surface area contributed by atoms with Crippen LogP contribution in [0.3, 0.4) is 0 Å². The van der Waals surface area contributed by atoms with Gasteiger partial charge < -0.3 is 14.9 Å². The van der Waals surface area contributed by atoms with Crippen molar-refractivity contribution in [3.8, 4) is 0 Å². The maximum absolute atomic E-state index is 13.7. The average Bonchev–Trinajstić information content (AvgIpc) is 3.38. The maximum Gasteiger partial charge on any atom is 0.280 e. The van der Waals surface area contributed by atoms with Gasteiger partial charge in [-0.25, -0.2) is 9.88 Å². The van der Waals surface area contributed by atoms with Crippen molar-refractivity contribution >= 4 is 34.7 Å². The van der Waals surface area contributed by atoms with Crippen LogP contribution in [0.5, 0.6) is 0 Å². The minimum absolute atomic E-state index is 0.0426. The van der Waals surface area contributed by atoms with Gasteiger partial charge in [-0.2, -0.15) is 4.98 Å². The van der Waals surface area contributed by atoms with E-state index in [4.69, 9.17) is 4.74 Å². The van der Waals surface area contributed by atoms with Crippen molar-refractivity contribution in [1.82, 2.24) is 19.5 Å². The van der Waals surface area contributed by atoms with E-state index >= 15 is 0 Å². The van der Waals surface area contributed by atoms with Gasteiger partial charge in [-0.05, 0) is 6.07 Å². The molecule has 3 N–H and O–H groups in total. The second-order valence-corrected chi connectivity index (χ2v) is 8.52. The second kappa shape index (κ2) is 7.94. The van der Waals surface area contributed by atoms with Gasteiger partial charge in [0.2, 0.25) is 11.9 Å². The van der Waals surface area contributed by atoms with Crippen LogP contribution < -0.4 is 10.5 Å². The molecule has 1 fully saturated rings. The number of aliphatic hydroxyl groups excluding tert-OH is 2. The van der Waals surface area contributed by atoms with E-state index < -0.39 is 60.0 Å². The molecule has 12 heteroatoms. The summed E-state index contributed by atoms with van der Waals surface area (Å²) >= 11 is 0. The van der Waals surface area contributed by atoms with Crippen LogP contribution in [-0.4, -0.2) is 66.1 Å². The van der Waals surface area contributed by atoms with Crippen molar-refractivity contribution in [1.29, 1.82) is 0 Å². The number of carbonyl (C=O) groups is 3. The first-order chi connectivity index (χ1) is 16.2. The Morgan fingerprint density at radius 2 is 1.91 bits per heavy atom. The molecule has 0 radical (unpaired) electrons. The fraction of sp³-hybridized carbons (Fsp3) is 0.364. The molecule has 3 aromatic rings. The number of nitrogens with zero attached hydrogens (tertiary/aromatic N) is 4. The third-order valence-corrected chi connectivity index (χ3v) is 6.10. The smallest absolute Gasteiger partial charge is 0.280 e. The maximum atomic E-state index is 13.7. The fourth-order valence-electron chi connectivity index (χ4n) is 4.37. The number of anilines is 1. The van der Waals surface area contributed by atoms with E-state index in [2.05, 4.69) is 15.0 Å². The number of hydrogen-bond donors (Lipinski definition) is 3. The highest BCUT2D eigenvalue weighted by molar-refractivity contribution is 6.23. The number of aromatic amines is 1. The Morgan fingerprint density at radius 3 is 2.59 bits per heavy atom. The first-order valence-electron chi connectivity index (χ1n) is 10.7. The monoisotopic (exact) mass is 467 g/mol. The van der Waals surface area contributed by atoms with E-state index in [1.54, 1.807) is 19.9 Å². The molecule has 12 nitrogen and oxygen atoms in total. The summed E-state index contributed by atoms with van der Waals surface area (Å²) in [6, 6.07) is 5.88. The summed E-state index contributed by atoms with van der Waals surface area (Å²) in [5.41, 5.74) is -1.01. The molecule has 0 unspecified atom stereocenters. The Morgan fingerprint density at radius 1 is 1.21 bits per heavy atom. The third-order valence-electron chi connectivity index (χ3n) is 6.10. The topological polar surface area (TPSA) is 168 Å². The molecule has 34 heavy (non-hydrogen) atoms. The van der Waals surface area contributed by atoms with Gasteiger partial charge in [0.15, 0.2) is 16.9 Å². The average molecular weight is 467 g/mol. The summed E-state index contributed by atoms with van der Waals surface area (Å²) in [5, 5.41) is 20.5. The third kappa shape index (κ3) is 3.10. The second-order valence-electron chi connectivity index (χ2n) is 8.52. The van der Waals surface area contributed by atoms with Crippen LogP contribution in [0.15, 0.2) is 35.4 Å². The van der Waals surface area contributed by atoms with Gasteiger partial charge in [0.25, 0.3) is 11.5 Å². The van der Waals surface area contributed by atoms with Crippen LogP contribution >= 0.6 is 0 Å². The van der Waals surface area contributed by atoms with Crippen molar-refractivity contribution in [2.24, 2.45) is 11.8 Å². The number of ether oxygens (including phenoxy) is 1. The van der Waals surface area contributed by atoms with Gasteiger partial charge in [-0.1, -0.05) is 32.0 Å². The summed E-state index contributed by atoms with van der Waals surface area (Å²) in [6.45, 7) is 2.61. The molecule has 2 aliphatic heterocycles. The largest absolute Gasteiger partial charge is 0.394 e. The number of aliphatic hydroxyl groups is 2. The number of Topliss-reactive ketones (excluding diaryl/α,β-unsaturated/α-hetero) is 1. The Hall–Kier alpha value is -3.74. The van der Waals surface area contributed by atoms with Crippen LogP contribution in [-0.2, 0) is 9.53 Å². The Kier molecular flexibility index (Phi) is 5.15. The molecule has 1 saturated heterocycles. The van der Waals surface area contributed by atoms with E-state index in [9.17, 15) is 29.4 Å². The van der Waals surface area contributed by atoms with Gasteiger partial charge in [-0.3, -0.25) is 28.7 Å². The molecule has 4 heterocycles. The zero-order chi connectivity index (χ0) is 24.3. The lowest BCUT2D eigenvalue weighted by molar-refractivity contribution is -0.120. The molecule has 5 rings (SSSR count). The van der Waals surface area contributed by atoms with Crippen molar-refractivity contribution in [2.45, 2.75) is 32.3 Å². The van der Waals surface area contributed by atoms with Crippen molar-refractivity contribution in [2.75, 3.05) is 11.5 Å². The van der Waals surface area contributed by atoms with E-state index in [0.29, 0.717) is 0 Å². The van der Waals surface area contributed by atoms with Gasteiger partial charge in [0, 0.05) is 11.5 Å². The highest BCUT2D eigenvalue weighted by Crippen LogP contribution is 2.39. The number of rotatable bonds is 2. The number of imidazole rings is 1. The van der Waals surface area contributed by atoms with E-state index in [1.165, 1.54) is 29.1 Å². The molecule has 176 valence electrons. The van der Waals surface area contributed by atoms with E-state index in [-0.39, 0.29) is 28.2 Å². The summed E-state index contributed by atoms with van der Waals surface area (Å²) in [5.74, 6) is -4.35. The molecule has 0 spiro atoms. The first-order valence-corrected chi connectivity index (χ1v) is 10.7. The number of ketones is 1. The summed E-state index contributed by atoms with van der Waals surface area (Å²) in [4.78, 5) is 64.9. The van der Waals surface area contributed by atoms with Crippen LogP contribution in [0.25, 0.3) is 11.2 Å². The van der Waals surface area contributed by atoms with Crippen LogP contribution in [0, 0.1) is 11.8 Å². The van der Waals surface area contributed by atoms with Gasteiger partial charge >= 0.3 is 0 Å². The number of carbonyl (C=O) groups excluding carboxylic acids is 3. The fourth-order valence-corrected chi connectivity index (χ4v) is 4.37. The number of fused-ring (bicyclic) bond motifs is 4. The number of nitrogens with one attached hydrogen (secondary N) is 1. The highest BCUT2D eigenvalue weighted by atomic mass is 16.5. The lowest BCUT2D eigenvalue weighted by Gasteiger charge is -2.23. The predicted molar refractivity (Wildman–Crippen MR) is 116 cm³/mol. The lowest BCUT2D eigenvalue weighted by Crippen LogP contribution is -2.42. The normalized spacial score (nSPS) is 24.4. The number of benzene rings is 1. The van der Waals surface area contributed by atoms with Crippen molar-refractivity contribution in [3.05, 3.63) is 52.1 Å². The highest BCUT2D eigenvalue weighted by Gasteiger charge is 2.50. The molecule has 2 amide bonds. The van der Waals surface area contributed by atoms with E-state index in [1.807, 2.05) is 0 Å². The number of hydrogen-bond acceptors (Lipinski definition) is 9. The molecular formula is C22H21N5O7.